The van der Waals surface area contributed by atoms with E-state index in [0.29, 0.717) is 13.2 Å². The largest absolute Gasteiger partial charge is 0.490 e. The summed E-state index contributed by atoms with van der Waals surface area (Å²) < 4.78 is 12.3. The van der Waals surface area contributed by atoms with Crippen LogP contribution < -0.4 is 10.1 Å². The Morgan fingerprint density at radius 1 is 0.962 bits per heavy atom. The van der Waals surface area contributed by atoms with E-state index < -0.39 is 0 Å². The molecule has 2 aromatic rings. The van der Waals surface area contributed by atoms with Gasteiger partial charge >= 0.3 is 0 Å². The smallest absolute Gasteiger partial charge is 0.124 e. The Balaban J connectivity index is 0.00000121. The van der Waals surface area contributed by atoms with Crippen molar-refractivity contribution in [3.8, 4) is 5.75 Å². The molecule has 2 aliphatic heterocycles. The Bertz CT molecular complexity index is 666. The van der Waals surface area contributed by atoms with Crippen molar-refractivity contribution in [3.05, 3.63) is 65.7 Å². The van der Waals surface area contributed by atoms with Crippen molar-refractivity contribution in [2.45, 2.75) is 18.8 Å². The van der Waals surface area contributed by atoms with Crippen LogP contribution in [0.1, 0.15) is 17.2 Å². The van der Waals surface area contributed by atoms with Crippen molar-refractivity contribution in [1.29, 1.82) is 0 Å². The van der Waals surface area contributed by atoms with Crippen LogP contribution in [-0.2, 0) is 11.3 Å². The maximum atomic E-state index is 6.30. The fourth-order valence-electron chi connectivity index (χ4n) is 3.63. The molecule has 2 heterocycles. The van der Waals surface area contributed by atoms with E-state index in [0.717, 1.165) is 31.9 Å². The van der Waals surface area contributed by atoms with Crippen LogP contribution in [0, 0.1) is 0 Å². The lowest BCUT2D eigenvalue weighted by atomic mass is 9.95. The molecule has 0 saturated carbocycles. The number of ether oxygens (including phenoxy) is 2. The number of rotatable bonds is 4. The fraction of sp³-hybridized carbons (Fsp3) is 0.400. The number of piperazine rings is 1. The highest BCUT2D eigenvalue weighted by Crippen LogP contribution is 2.37. The van der Waals surface area contributed by atoms with E-state index in [4.69, 9.17) is 9.47 Å². The van der Waals surface area contributed by atoms with E-state index in [1.54, 1.807) is 0 Å². The monoisotopic (exact) mass is 396 g/mol. The molecule has 2 atom stereocenters. The molecule has 0 aliphatic carbocycles. The normalized spacial score (nSPS) is 22.3. The molecule has 4 nitrogen and oxygen atoms in total. The Hall–Kier alpha value is -1.30. The zero-order valence-electron chi connectivity index (χ0n) is 14.7. The van der Waals surface area contributed by atoms with Crippen molar-refractivity contribution in [2.24, 2.45) is 0 Å². The third kappa shape index (κ3) is 4.70. The minimum absolute atomic E-state index is 0. The second-order valence-electron chi connectivity index (χ2n) is 6.41. The molecule has 0 bridgehead atoms. The van der Waals surface area contributed by atoms with Gasteiger partial charge in [-0.15, -0.1) is 24.8 Å². The first-order chi connectivity index (χ1) is 11.9. The van der Waals surface area contributed by atoms with Gasteiger partial charge in [-0.25, -0.2) is 0 Å². The van der Waals surface area contributed by atoms with Gasteiger partial charge in [0.1, 0.15) is 18.5 Å². The first kappa shape index (κ1) is 21.0. The summed E-state index contributed by atoms with van der Waals surface area (Å²) in [4.78, 5) is 2.54. The van der Waals surface area contributed by atoms with Crippen LogP contribution in [0.3, 0.4) is 0 Å². The highest BCUT2D eigenvalue weighted by molar-refractivity contribution is 5.85. The molecular formula is C20H26Cl2N2O2. The van der Waals surface area contributed by atoms with Crippen molar-refractivity contribution < 1.29 is 9.47 Å². The van der Waals surface area contributed by atoms with Crippen LogP contribution in [0.4, 0.5) is 0 Å². The van der Waals surface area contributed by atoms with Gasteiger partial charge in [-0.1, -0.05) is 48.5 Å². The molecule has 2 aromatic carbocycles. The maximum Gasteiger partial charge on any atom is 0.124 e. The number of hydrogen-bond donors (Lipinski definition) is 1. The standard InChI is InChI=1S/C20H24N2O2.2ClH/c1-2-6-16(7-3-1)14-23-19-15-24-18-9-5-4-8-17(18)20(19)22-12-10-21-11-13-22;;/h1-9,19-21H,10-15H2;2*1H/t19-,20-;;/m0../s1. The average Bonchev–Trinajstić information content (AvgIpc) is 2.67. The Morgan fingerprint density at radius 3 is 2.42 bits per heavy atom. The number of nitrogens with one attached hydrogen (secondary N) is 1. The number of para-hydroxylation sites is 1. The van der Waals surface area contributed by atoms with Gasteiger partial charge in [0, 0.05) is 31.7 Å². The molecule has 0 amide bonds. The van der Waals surface area contributed by atoms with Crippen molar-refractivity contribution in [3.63, 3.8) is 0 Å². The Kier molecular flexibility index (Phi) is 8.19. The molecular weight excluding hydrogens is 371 g/mol. The van der Waals surface area contributed by atoms with E-state index in [9.17, 15) is 0 Å². The van der Waals surface area contributed by atoms with Crippen LogP contribution in [0.25, 0.3) is 0 Å². The summed E-state index contributed by atoms with van der Waals surface area (Å²) in [6.45, 7) is 5.39. The van der Waals surface area contributed by atoms with Gasteiger partial charge < -0.3 is 14.8 Å². The minimum atomic E-state index is 0. The van der Waals surface area contributed by atoms with Gasteiger partial charge in [0.05, 0.1) is 12.6 Å². The van der Waals surface area contributed by atoms with Gasteiger partial charge in [0.2, 0.25) is 0 Å². The molecule has 26 heavy (non-hydrogen) atoms. The van der Waals surface area contributed by atoms with E-state index in [1.807, 2.05) is 12.1 Å². The summed E-state index contributed by atoms with van der Waals surface area (Å²) in [7, 11) is 0. The number of benzene rings is 2. The first-order valence-electron chi connectivity index (χ1n) is 8.74. The van der Waals surface area contributed by atoms with Gasteiger partial charge in [-0.05, 0) is 11.6 Å². The molecule has 0 aromatic heterocycles. The summed E-state index contributed by atoms with van der Waals surface area (Å²) in [6, 6.07) is 19.0. The predicted molar refractivity (Wildman–Crippen MR) is 109 cm³/mol. The van der Waals surface area contributed by atoms with Gasteiger partial charge in [0.15, 0.2) is 0 Å². The van der Waals surface area contributed by atoms with Gasteiger partial charge in [-0.2, -0.15) is 0 Å². The molecule has 0 unspecified atom stereocenters. The quantitative estimate of drug-likeness (QED) is 0.857. The van der Waals surface area contributed by atoms with E-state index in [1.165, 1.54) is 11.1 Å². The van der Waals surface area contributed by atoms with Gasteiger partial charge in [-0.3, -0.25) is 4.90 Å². The first-order valence-corrected chi connectivity index (χ1v) is 8.74. The van der Waals surface area contributed by atoms with E-state index in [2.05, 4.69) is 52.7 Å². The predicted octanol–water partition coefficient (Wildman–Crippen LogP) is 3.45. The molecule has 142 valence electrons. The molecule has 1 N–H and O–H groups in total. The highest BCUT2D eigenvalue weighted by Gasteiger charge is 2.36. The summed E-state index contributed by atoms with van der Waals surface area (Å²) in [5, 5.41) is 3.44. The topological polar surface area (TPSA) is 33.7 Å². The minimum Gasteiger partial charge on any atom is -0.490 e. The molecule has 1 fully saturated rings. The number of hydrogen-bond acceptors (Lipinski definition) is 4. The van der Waals surface area contributed by atoms with Crippen LogP contribution in [0.2, 0.25) is 0 Å². The second-order valence-corrected chi connectivity index (χ2v) is 6.41. The van der Waals surface area contributed by atoms with Crippen LogP contribution in [0.15, 0.2) is 54.6 Å². The molecule has 0 radical (unpaired) electrons. The summed E-state index contributed by atoms with van der Waals surface area (Å²) >= 11 is 0. The third-order valence-corrected chi connectivity index (χ3v) is 4.84. The Morgan fingerprint density at radius 2 is 1.65 bits per heavy atom. The highest BCUT2D eigenvalue weighted by atomic mass is 35.5. The number of halogens is 2. The number of nitrogens with zero attached hydrogens (tertiary/aromatic N) is 1. The Labute approximate surface area is 167 Å². The average molecular weight is 397 g/mol. The lowest BCUT2D eigenvalue weighted by Gasteiger charge is -2.42. The van der Waals surface area contributed by atoms with Crippen LogP contribution in [0.5, 0.6) is 5.75 Å². The lowest BCUT2D eigenvalue weighted by Crippen LogP contribution is -2.51. The fourth-order valence-corrected chi connectivity index (χ4v) is 3.63. The van der Waals surface area contributed by atoms with Crippen molar-refractivity contribution >= 4 is 24.8 Å². The SMILES string of the molecule is Cl.Cl.c1ccc(CO[C@H]2COc3ccccc3[C@@H]2N2CCNCC2)cc1. The summed E-state index contributed by atoms with van der Waals surface area (Å²) in [5.74, 6) is 1.00. The molecule has 6 heteroatoms. The van der Waals surface area contributed by atoms with Crippen LogP contribution in [-0.4, -0.2) is 43.8 Å². The van der Waals surface area contributed by atoms with E-state index >= 15 is 0 Å². The van der Waals surface area contributed by atoms with Gasteiger partial charge in [0.25, 0.3) is 0 Å². The van der Waals surface area contributed by atoms with Crippen molar-refractivity contribution in [1.82, 2.24) is 10.2 Å². The molecule has 4 rings (SSSR count). The zero-order chi connectivity index (χ0) is 16.2. The third-order valence-electron chi connectivity index (χ3n) is 4.84. The second kappa shape index (κ2) is 10.1. The van der Waals surface area contributed by atoms with E-state index in [-0.39, 0.29) is 37.0 Å². The zero-order valence-corrected chi connectivity index (χ0v) is 16.3. The summed E-state index contributed by atoms with van der Waals surface area (Å²) in [5.41, 5.74) is 2.46. The maximum absolute atomic E-state index is 6.30. The molecule has 1 saturated heterocycles. The summed E-state index contributed by atoms with van der Waals surface area (Å²) in [6.07, 6.45) is 0.0539. The lowest BCUT2D eigenvalue weighted by molar-refractivity contribution is -0.0617. The molecule has 2 aliphatic rings. The van der Waals surface area contributed by atoms with Crippen LogP contribution >= 0.6 is 24.8 Å². The number of fused-ring (bicyclic) bond motifs is 1. The van der Waals surface area contributed by atoms with Crippen molar-refractivity contribution in [2.75, 3.05) is 32.8 Å². The molecule has 0 spiro atoms.